The summed E-state index contributed by atoms with van der Waals surface area (Å²) in [6, 6.07) is 8.63. The van der Waals surface area contributed by atoms with Crippen molar-refractivity contribution in [1.29, 1.82) is 0 Å². The number of hydrogen-bond acceptors (Lipinski definition) is 4. The Hall–Kier alpha value is -1.82. The third-order valence-electron chi connectivity index (χ3n) is 4.74. The fourth-order valence-electron chi connectivity index (χ4n) is 2.96. The number of amides is 1. The Morgan fingerprint density at radius 1 is 1.20 bits per heavy atom. The first-order valence-corrected chi connectivity index (χ1v) is 10.1. The standard InChI is InChI=1S/C19H24N4OS/c1-12(2)13-5-7-15(8-6-13)20-17(24)11-25-19-22-21-18(14-3-4-14)23(19)16-9-10-16/h5-8,12,14,16H,3-4,9-11H2,1-2H3,(H,20,24). The van der Waals surface area contributed by atoms with Crippen LogP contribution in [0.3, 0.4) is 0 Å². The van der Waals surface area contributed by atoms with E-state index < -0.39 is 0 Å². The van der Waals surface area contributed by atoms with Crippen LogP contribution in [0.2, 0.25) is 0 Å². The van der Waals surface area contributed by atoms with Gasteiger partial charge in [-0.3, -0.25) is 4.79 Å². The Morgan fingerprint density at radius 2 is 1.92 bits per heavy atom. The van der Waals surface area contributed by atoms with Crippen molar-refractivity contribution in [2.45, 2.75) is 62.6 Å². The van der Waals surface area contributed by atoms with Crippen LogP contribution in [0.25, 0.3) is 0 Å². The third-order valence-corrected chi connectivity index (χ3v) is 5.68. The Bertz CT molecular complexity index is 760. The zero-order chi connectivity index (χ0) is 17.4. The average molecular weight is 356 g/mol. The molecule has 4 rings (SSSR count). The molecule has 2 saturated carbocycles. The molecule has 25 heavy (non-hydrogen) atoms. The lowest BCUT2D eigenvalue weighted by atomic mass is 10.0. The molecule has 0 saturated heterocycles. The van der Waals surface area contributed by atoms with E-state index in [1.165, 1.54) is 43.0 Å². The molecule has 132 valence electrons. The molecular weight excluding hydrogens is 332 g/mol. The molecule has 1 aromatic carbocycles. The van der Waals surface area contributed by atoms with Gasteiger partial charge in [-0.15, -0.1) is 10.2 Å². The number of rotatable bonds is 7. The quantitative estimate of drug-likeness (QED) is 0.750. The van der Waals surface area contributed by atoms with E-state index in [0.717, 1.165) is 16.7 Å². The van der Waals surface area contributed by atoms with Crippen molar-refractivity contribution >= 4 is 23.4 Å². The minimum atomic E-state index is 0.000570. The van der Waals surface area contributed by atoms with Gasteiger partial charge in [0.15, 0.2) is 5.16 Å². The van der Waals surface area contributed by atoms with E-state index in [4.69, 9.17) is 0 Å². The SMILES string of the molecule is CC(C)c1ccc(NC(=O)CSc2nnc(C3CC3)n2C2CC2)cc1. The zero-order valence-electron chi connectivity index (χ0n) is 14.7. The highest BCUT2D eigenvalue weighted by molar-refractivity contribution is 7.99. The molecule has 0 radical (unpaired) electrons. The summed E-state index contributed by atoms with van der Waals surface area (Å²) < 4.78 is 2.28. The molecule has 0 atom stereocenters. The molecule has 1 N–H and O–H groups in total. The van der Waals surface area contributed by atoms with Gasteiger partial charge < -0.3 is 9.88 Å². The number of anilines is 1. The fourth-order valence-corrected chi connectivity index (χ4v) is 3.77. The number of nitrogens with one attached hydrogen (secondary N) is 1. The van der Waals surface area contributed by atoms with E-state index in [0.29, 0.717) is 23.6 Å². The second-order valence-electron chi connectivity index (χ2n) is 7.33. The van der Waals surface area contributed by atoms with E-state index in [-0.39, 0.29) is 5.91 Å². The predicted octanol–water partition coefficient (Wildman–Crippen LogP) is 4.34. The normalized spacial score (nSPS) is 17.1. The highest BCUT2D eigenvalue weighted by Gasteiger charge is 2.36. The van der Waals surface area contributed by atoms with E-state index in [9.17, 15) is 4.79 Å². The molecule has 0 spiro atoms. The van der Waals surface area contributed by atoms with Gasteiger partial charge in [-0.1, -0.05) is 37.7 Å². The number of nitrogens with zero attached hydrogens (tertiary/aromatic N) is 3. The lowest BCUT2D eigenvalue weighted by Gasteiger charge is -2.09. The molecule has 1 heterocycles. The summed E-state index contributed by atoms with van der Waals surface area (Å²) in [7, 11) is 0. The van der Waals surface area contributed by atoms with Crippen molar-refractivity contribution in [2.75, 3.05) is 11.1 Å². The van der Waals surface area contributed by atoms with E-state index >= 15 is 0 Å². The number of thioether (sulfide) groups is 1. The van der Waals surface area contributed by atoms with Gasteiger partial charge in [-0.2, -0.15) is 0 Å². The Balaban J connectivity index is 1.36. The van der Waals surface area contributed by atoms with Crippen LogP contribution in [0.1, 0.15) is 68.8 Å². The van der Waals surface area contributed by atoms with Gasteiger partial charge in [-0.25, -0.2) is 0 Å². The van der Waals surface area contributed by atoms with Crippen molar-refractivity contribution in [3.8, 4) is 0 Å². The molecule has 1 amide bonds. The number of benzene rings is 1. The molecule has 0 aliphatic heterocycles. The van der Waals surface area contributed by atoms with Crippen LogP contribution >= 0.6 is 11.8 Å². The second kappa shape index (κ2) is 6.83. The summed E-state index contributed by atoms with van der Waals surface area (Å²) in [4.78, 5) is 12.3. The van der Waals surface area contributed by atoms with Crippen LogP contribution in [0.4, 0.5) is 5.69 Å². The predicted molar refractivity (Wildman–Crippen MR) is 100 cm³/mol. The van der Waals surface area contributed by atoms with Crippen molar-refractivity contribution in [3.63, 3.8) is 0 Å². The lowest BCUT2D eigenvalue weighted by Crippen LogP contribution is -2.14. The minimum Gasteiger partial charge on any atom is -0.325 e. The van der Waals surface area contributed by atoms with E-state index in [2.05, 4.69) is 46.1 Å². The highest BCUT2D eigenvalue weighted by Crippen LogP contribution is 2.45. The first-order valence-electron chi connectivity index (χ1n) is 9.09. The first kappa shape index (κ1) is 16.6. The maximum absolute atomic E-state index is 12.3. The van der Waals surface area contributed by atoms with Crippen LogP contribution in [-0.4, -0.2) is 26.4 Å². The van der Waals surface area contributed by atoms with Crippen molar-refractivity contribution < 1.29 is 4.79 Å². The van der Waals surface area contributed by atoms with Gasteiger partial charge in [0.2, 0.25) is 5.91 Å². The van der Waals surface area contributed by atoms with Gasteiger partial charge >= 0.3 is 0 Å². The molecule has 5 nitrogen and oxygen atoms in total. The Kier molecular flexibility index (Phi) is 4.54. The van der Waals surface area contributed by atoms with Crippen LogP contribution in [0, 0.1) is 0 Å². The Morgan fingerprint density at radius 3 is 2.52 bits per heavy atom. The molecule has 2 aliphatic carbocycles. The summed E-state index contributed by atoms with van der Waals surface area (Å²) in [6.45, 7) is 4.33. The zero-order valence-corrected chi connectivity index (χ0v) is 15.6. The number of aromatic nitrogens is 3. The van der Waals surface area contributed by atoms with Gasteiger partial charge in [-0.05, 0) is 49.3 Å². The van der Waals surface area contributed by atoms with Crippen LogP contribution in [-0.2, 0) is 4.79 Å². The molecule has 0 unspecified atom stereocenters. The smallest absolute Gasteiger partial charge is 0.234 e. The molecule has 2 aromatic rings. The fraction of sp³-hybridized carbons (Fsp3) is 0.526. The number of carbonyl (C=O) groups excluding carboxylic acids is 1. The van der Waals surface area contributed by atoms with Gasteiger partial charge in [0, 0.05) is 17.6 Å². The molecule has 2 fully saturated rings. The third kappa shape index (κ3) is 3.89. The molecule has 1 aromatic heterocycles. The molecule has 0 bridgehead atoms. The molecular formula is C19H24N4OS. The van der Waals surface area contributed by atoms with E-state index in [1.54, 1.807) is 0 Å². The summed E-state index contributed by atoms with van der Waals surface area (Å²) in [5, 5.41) is 12.6. The monoisotopic (exact) mass is 356 g/mol. The van der Waals surface area contributed by atoms with Crippen LogP contribution < -0.4 is 5.32 Å². The van der Waals surface area contributed by atoms with Gasteiger partial charge in [0.25, 0.3) is 0 Å². The molecule has 2 aliphatic rings. The number of hydrogen-bond donors (Lipinski definition) is 1. The second-order valence-corrected chi connectivity index (χ2v) is 8.27. The van der Waals surface area contributed by atoms with E-state index in [1.807, 2.05) is 12.1 Å². The Labute approximate surface area is 152 Å². The van der Waals surface area contributed by atoms with Crippen molar-refractivity contribution in [3.05, 3.63) is 35.7 Å². The van der Waals surface area contributed by atoms with Gasteiger partial charge in [0.1, 0.15) is 5.82 Å². The first-order chi connectivity index (χ1) is 12.1. The van der Waals surface area contributed by atoms with Crippen LogP contribution in [0.5, 0.6) is 0 Å². The van der Waals surface area contributed by atoms with Crippen molar-refractivity contribution in [1.82, 2.24) is 14.8 Å². The lowest BCUT2D eigenvalue weighted by molar-refractivity contribution is -0.113. The summed E-state index contributed by atoms with van der Waals surface area (Å²) >= 11 is 1.49. The summed E-state index contributed by atoms with van der Waals surface area (Å²) in [5.74, 6) is 2.59. The topological polar surface area (TPSA) is 59.8 Å². The summed E-state index contributed by atoms with van der Waals surface area (Å²) in [5.41, 5.74) is 2.12. The largest absolute Gasteiger partial charge is 0.325 e. The number of carbonyl (C=O) groups is 1. The maximum Gasteiger partial charge on any atom is 0.234 e. The molecule has 6 heteroatoms. The van der Waals surface area contributed by atoms with Gasteiger partial charge in [0.05, 0.1) is 5.75 Å². The highest BCUT2D eigenvalue weighted by atomic mass is 32.2. The van der Waals surface area contributed by atoms with Crippen LogP contribution in [0.15, 0.2) is 29.4 Å². The minimum absolute atomic E-state index is 0.000570. The average Bonchev–Trinajstić information content (AvgIpc) is 3.52. The van der Waals surface area contributed by atoms with Crippen molar-refractivity contribution in [2.24, 2.45) is 0 Å². The summed E-state index contributed by atoms with van der Waals surface area (Å²) in [6.07, 6.45) is 4.87. The maximum atomic E-state index is 12.3.